The first-order valence-corrected chi connectivity index (χ1v) is 12.8. The number of rotatable bonds is 8. The molecule has 84 valence electrons. The van der Waals surface area contributed by atoms with E-state index in [9.17, 15) is 0 Å². The van der Waals surface area contributed by atoms with Crippen LogP contribution in [0.3, 0.4) is 0 Å². The summed E-state index contributed by atoms with van der Waals surface area (Å²) in [5.74, 6) is 0. The Labute approximate surface area is 98.8 Å². The molecule has 0 amide bonds. The zero-order chi connectivity index (χ0) is 11.0. The molecule has 0 aromatic heterocycles. The molecular formula is C12H28InN. The third kappa shape index (κ3) is 8.16. The average molecular weight is 301 g/mol. The van der Waals surface area contributed by atoms with Gasteiger partial charge in [-0.25, -0.2) is 0 Å². The second-order valence-electron chi connectivity index (χ2n) is 5.09. The molecule has 0 aliphatic heterocycles. The van der Waals surface area contributed by atoms with Crippen LogP contribution in [-0.4, -0.2) is 47.0 Å². The molecule has 0 N–H and O–H groups in total. The van der Waals surface area contributed by atoms with E-state index in [0.717, 1.165) is 3.67 Å². The van der Waals surface area contributed by atoms with Crippen molar-refractivity contribution < 1.29 is 0 Å². The van der Waals surface area contributed by atoms with Crippen molar-refractivity contribution >= 4 is 21.4 Å². The van der Waals surface area contributed by atoms with Crippen molar-refractivity contribution in [3.05, 3.63) is 0 Å². The van der Waals surface area contributed by atoms with E-state index in [1.807, 2.05) is 0 Å². The van der Waals surface area contributed by atoms with Crippen LogP contribution in [0.25, 0.3) is 0 Å². The van der Waals surface area contributed by atoms with Crippen LogP contribution in [0.5, 0.6) is 0 Å². The molecule has 0 heterocycles. The molecule has 0 saturated carbocycles. The van der Waals surface area contributed by atoms with Crippen molar-refractivity contribution in [2.45, 2.75) is 52.1 Å². The molecule has 0 rings (SSSR count). The molecule has 0 saturated heterocycles. The molecule has 0 aromatic rings. The fourth-order valence-electron chi connectivity index (χ4n) is 2.02. The summed E-state index contributed by atoms with van der Waals surface area (Å²) in [4.78, 5) is 2.31. The van der Waals surface area contributed by atoms with Crippen LogP contribution in [0, 0.1) is 0 Å². The Hall–Kier alpha value is 0.830. The Morgan fingerprint density at radius 1 is 1.07 bits per heavy atom. The van der Waals surface area contributed by atoms with Gasteiger partial charge in [0.05, 0.1) is 0 Å². The summed E-state index contributed by atoms with van der Waals surface area (Å²) in [6, 6.07) is 0. The first-order valence-electron chi connectivity index (χ1n) is 6.22. The van der Waals surface area contributed by atoms with Gasteiger partial charge in [-0.05, 0) is 0 Å². The van der Waals surface area contributed by atoms with Gasteiger partial charge in [-0.1, -0.05) is 0 Å². The van der Waals surface area contributed by atoms with E-state index in [1.54, 1.807) is 8.35 Å². The Balaban J connectivity index is 3.50. The molecule has 0 bridgehead atoms. The molecule has 2 heteroatoms. The Morgan fingerprint density at radius 3 is 2.14 bits per heavy atom. The van der Waals surface area contributed by atoms with Crippen LogP contribution >= 0.6 is 0 Å². The minimum atomic E-state index is -1.08. The number of hydrogen-bond acceptors (Lipinski definition) is 1. The van der Waals surface area contributed by atoms with Gasteiger partial charge >= 0.3 is 99.0 Å². The van der Waals surface area contributed by atoms with Crippen LogP contribution in [0.4, 0.5) is 0 Å². The molecule has 0 fully saturated rings. The Kier molecular flexibility index (Phi) is 9.62. The Bertz CT molecular complexity index is 123. The maximum absolute atomic E-state index is 2.46. The quantitative estimate of drug-likeness (QED) is 0.619. The van der Waals surface area contributed by atoms with E-state index >= 15 is 0 Å². The van der Waals surface area contributed by atoms with Crippen LogP contribution < -0.4 is 0 Å². The monoisotopic (exact) mass is 301 g/mol. The molecule has 0 aromatic carbocycles. The van der Waals surface area contributed by atoms with E-state index in [4.69, 9.17) is 0 Å². The van der Waals surface area contributed by atoms with Gasteiger partial charge in [0.2, 0.25) is 0 Å². The average Bonchev–Trinajstić information content (AvgIpc) is 2.09. The van der Waals surface area contributed by atoms with Crippen LogP contribution in [-0.2, 0) is 0 Å². The summed E-state index contributed by atoms with van der Waals surface area (Å²) in [5.41, 5.74) is 0. The summed E-state index contributed by atoms with van der Waals surface area (Å²) in [7, 11) is 4.35. The summed E-state index contributed by atoms with van der Waals surface area (Å²) in [6.07, 6.45) is 4.35. The van der Waals surface area contributed by atoms with Gasteiger partial charge in [-0.15, -0.1) is 0 Å². The van der Waals surface area contributed by atoms with E-state index in [0.29, 0.717) is 0 Å². The number of nitrogens with zero attached hydrogens (tertiary/aromatic N) is 1. The van der Waals surface area contributed by atoms with Crippen LogP contribution in [0.1, 0.15) is 40.0 Å². The van der Waals surface area contributed by atoms with Crippen LogP contribution in [0.15, 0.2) is 0 Å². The summed E-state index contributed by atoms with van der Waals surface area (Å²) >= 11 is -1.08. The van der Waals surface area contributed by atoms with Gasteiger partial charge in [-0.2, -0.15) is 0 Å². The molecule has 1 nitrogen and oxygen atoms in total. The fourth-order valence-corrected chi connectivity index (χ4v) is 11.1. The van der Waals surface area contributed by atoms with Gasteiger partial charge in [0.25, 0.3) is 0 Å². The first kappa shape index (κ1) is 14.8. The van der Waals surface area contributed by atoms with Gasteiger partial charge in [0.1, 0.15) is 0 Å². The second-order valence-corrected chi connectivity index (χ2v) is 16.5. The molecule has 0 radical (unpaired) electrons. The van der Waals surface area contributed by atoms with Crippen molar-refractivity contribution in [3.8, 4) is 0 Å². The van der Waals surface area contributed by atoms with Crippen LogP contribution in [0.2, 0.25) is 12.0 Å². The van der Waals surface area contributed by atoms with Crippen molar-refractivity contribution in [1.29, 1.82) is 0 Å². The molecule has 0 unspecified atom stereocenters. The van der Waals surface area contributed by atoms with Gasteiger partial charge in [0.15, 0.2) is 0 Å². The second kappa shape index (κ2) is 9.08. The molecular weight excluding hydrogens is 273 g/mol. The predicted molar refractivity (Wildman–Crippen MR) is 68.5 cm³/mol. The van der Waals surface area contributed by atoms with Crippen molar-refractivity contribution in [1.82, 2.24) is 4.90 Å². The predicted octanol–water partition coefficient (Wildman–Crippen LogP) is 3.64. The van der Waals surface area contributed by atoms with Crippen molar-refractivity contribution in [2.24, 2.45) is 0 Å². The third-order valence-corrected chi connectivity index (χ3v) is 15.5. The Morgan fingerprint density at radius 2 is 1.71 bits per heavy atom. The third-order valence-electron chi connectivity index (χ3n) is 3.03. The minimum absolute atomic E-state index is 1.08. The SMILES string of the molecule is CC[CH2][In]([CH2]CCCN(C)C)[CH](C)C. The van der Waals surface area contributed by atoms with Crippen molar-refractivity contribution in [2.75, 3.05) is 20.6 Å². The number of unbranched alkanes of at least 4 members (excludes halogenated alkanes) is 1. The van der Waals surface area contributed by atoms with Gasteiger partial charge < -0.3 is 0 Å². The summed E-state index contributed by atoms with van der Waals surface area (Å²) < 4.78 is 4.35. The molecule has 0 aliphatic carbocycles. The van der Waals surface area contributed by atoms with E-state index in [1.165, 1.54) is 25.8 Å². The zero-order valence-corrected chi connectivity index (χ0v) is 14.1. The van der Waals surface area contributed by atoms with Crippen molar-refractivity contribution in [3.63, 3.8) is 0 Å². The molecule has 14 heavy (non-hydrogen) atoms. The summed E-state index contributed by atoms with van der Waals surface area (Å²) in [5, 5.41) is 0. The maximum atomic E-state index is 2.46. The standard InChI is InChI=1S/C6H14N.2C3H7.In/c1-4-5-6-7(2)3;2*1-3-2;/h1,4-6H2,2-3H3;3H,1-2H3;1,3H2,2H3;. The van der Waals surface area contributed by atoms with E-state index in [-0.39, 0.29) is 0 Å². The van der Waals surface area contributed by atoms with E-state index in [2.05, 4.69) is 39.8 Å². The summed E-state index contributed by atoms with van der Waals surface area (Å²) in [6.45, 7) is 8.56. The topological polar surface area (TPSA) is 3.24 Å². The normalized spacial score (nSPS) is 11.4. The number of hydrogen-bond donors (Lipinski definition) is 0. The molecule has 0 spiro atoms. The first-order chi connectivity index (χ1) is 6.57. The van der Waals surface area contributed by atoms with Gasteiger partial charge in [0, 0.05) is 0 Å². The molecule has 0 aliphatic rings. The molecule has 0 atom stereocenters. The zero-order valence-electron chi connectivity index (χ0n) is 10.8. The van der Waals surface area contributed by atoms with Gasteiger partial charge in [-0.3, -0.25) is 0 Å². The fraction of sp³-hybridized carbons (Fsp3) is 1.00. The van der Waals surface area contributed by atoms with E-state index < -0.39 is 21.4 Å².